The lowest BCUT2D eigenvalue weighted by Gasteiger charge is -2.34. The van der Waals surface area contributed by atoms with Gasteiger partial charge in [0, 0.05) is 16.9 Å². The van der Waals surface area contributed by atoms with Crippen molar-refractivity contribution in [3.8, 4) is 12.1 Å². The van der Waals surface area contributed by atoms with Gasteiger partial charge in [0.05, 0.1) is 40.6 Å². The van der Waals surface area contributed by atoms with Crippen LogP contribution in [0, 0.1) is 22.7 Å². The van der Waals surface area contributed by atoms with Crippen LogP contribution < -0.4 is 16.0 Å². The SMILES string of the molecule is CC1=C(C#N)C(c2ccc(C#N)cc2N)NC(=O)N1c1cccc(C(F)(F)F)c1. The molecule has 3 rings (SSSR count). The van der Waals surface area contributed by atoms with Crippen LogP contribution in [-0.2, 0) is 6.18 Å². The average molecular weight is 397 g/mol. The summed E-state index contributed by atoms with van der Waals surface area (Å²) < 4.78 is 39.1. The van der Waals surface area contributed by atoms with Crippen molar-refractivity contribution in [1.29, 1.82) is 10.5 Å². The van der Waals surface area contributed by atoms with Crippen molar-refractivity contribution in [3.05, 3.63) is 70.4 Å². The Morgan fingerprint density at radius 2 is 1.86 bits per heavy atom. The Labute approximate surface area is 164 Å². The van der Waals surface area contributed by atoms with E-state index in [-0.39, 0.29) is 22.6 Å². The van der Waals surface area contributed by atoms with Crippen LogP contribution in [0.3, 0.4) is 0 Å². The van der Waals surface area contributed by atoms with Crippen molar-refractivity contribution in [2.24, 2.45) is 0 Å². The number of alkyl halides is 3. The molecule has 29 heavy (non-hydrogen) atoms. The summed E-state index contributed by atoms with van der Waals surface area (Å²) in [4.78, 5) is 13.8. The molecule has 9 heteroatoms. The lowest BCUT2D eigenvalue weighted by Crippen LogP contribution is -2.46. The van der Waals surface area contributed by atoms with Crippen molar-refractivity contribution in [3.63, 3.8) is 0 Å². The van der Waals surface area contributed by atoms with E-state index in [4.69, 9.17) is 11.0 Å². The zero-order valence-electron chi connectivity index (χ0n) is 15.1. The number of nitriles is 2. The molecule has 0 spiro atoms. The molecule has 1 aliphatic rings. The van der Waals surface area contributed by atoms with Crippen molar-refractivity contribution in [2.45, 2.75) is 19.1 Å². The van der Waals surface area contributed by atoms with Crippen LogP contribution in [0.5, 0.6) is 0 Å². The monoisotopic (exact) mass is 397 g/mol. The predicted molar refractivity (Wildman–Crippen MR) is 99.1 cm³/mol. The summed E-state index contributed by atoms with van der Waals surface area (Å²) in [5.41, 5.74) is 6.30. The number of nitrogen functional groups attached to an aromatic ring is 1. The third-order valence-electron chi connectivity index (χ3n) is 4.56. The standard InChI is InChI=1S/C20H14F3N5O/c1-11-16(10-25)18(15-6-5-12(9-24)7-17(15)26)27-19(29)28(11)14-4-2-3-13(8-14)20(21,22)23/h2-8,18H,26H2,1H3,(H,27,29). The molecule has 0 bridgehead atoms. The Morgan fingerprint density at radius 3 is 2.45 bits per heavy atom. The van der Waals surface area contributed by atoms with Gasteiger partial charge in [-0.1, -0.05) is 12.1 Å². The highest BCUT2D eigenvalue weighted by Crippen LogP contribution is 2.37. The van der Waals surface area contributed by atoms with Gasteiger partial charge < -0.3 is 11.1 Å². The van der Waals surface area contributed by atoms with Gasteiger partial charge in [0.25, 0.3) is 0 Å². The van der Waals surface area contributed by atoms with E-state index in [1.54, 1.807) is 0 Å². The number of nitrogens with one attached hydrogen (secondary N) is 1. The number of benzene rings is 2. The first-order valence-corrected chi connectivity index (χ1v) is 8.35. The van der Waals surface area contributed by atoms with Crippen LogP contribution in [-0.4, -0.2) is 6.03 Å². The molecule has 1 heterocycles. The van der Waals surface area contributed by atoms with Gasteiger partial charge in [-0.3, -0.25) is 4.90 Å². The fourth-order valence-corrected chi connectivity index (χ4v) is 3.16. The van der Waals surface area contributed by atoms with E-state index < -0.39 is 23.8 Å². The number of amides is 2. The molecule has 2 aromatic rings. The second kappa shape index (κ2) is 7.21. The smallest absolute Gasteiger partial charge is 0.398 e. The van der Waals surface area contributed by atoms with Gasteiger partial charge in [-0.2, -0.15) is 23.7 Å². The molecule has 3 N–H and O–H groups in total. The second-order valence-corrected chi connectivity index (χ2v) is 6.33. The molecule has 0 saturated carbocycles. The highest BCUT2D eigenvalue weighted by Gasteiger charge is 2.36. The van der Waals surface area contributed by atoms with Gasteiger partial charge in [-0.25, -0.2) is 4.79 Å². The van der Waals surface area contributed by atoms with Crippen LogP contribution in [0.25, 0.3) is 0 Å². The number of nitrogens with two attached hydrogens (primary N) is 1. The minimum Gasteiger partial charge on any atom is -0.398 e. The fraction of sp³-hybridized carbons (Fsp3) is 0.150. The summed E-state index contributed by atoms with van der Waals surface area (Å²) in [6.45, 7) is 1.48. The first-order chi connectivity index (χ1) is 13.7. The maximum absolute atomic E-state index is 13.0. The lowest BCUT2D eigenvalue weighted by molar-refractivity contribution is -0.137. The average Bonchev–Trinajstić information content (AvgIpc) is 2.67. The molecule has 2 amide bonds. The molecule has 0 aliphatic carbocycles. The third-order valence-corrected chi connectivity index (χ3v) is 4.56. The Morgan fingerprint density at radius 1 is 1.14 bits per heavy atom. The molecule has 6 nitrogen and oxygen atoms in total. The number of nitrogens with zero attached hydrogens (tertiary/aromatic N) is 3. The van der Waals surface area contributed by atoms with E-state index in [2.05, 4.69) is 5.32 Å². The van der Waals surface area contributed by atoms with Crippen molar-refractivity contribution in [2.75, 3.05) is 10.6 Å². The minimum absolute atomic E-state index is 0.0196. The first-order valence-electron chi connectivity index (χ1n) is 8.35. The van der Waals surface area contributed by atoms with E-state index in [9.17, 15) is 23.2 Å². The summed E-state index contributed by atoms with van der Waals surface area (Å²) in [7, 11) is 0. The molecule has 1 unspecified atom stereocenters. The van der Waals surface area contributed by atoms with Crippen molar-refractivity contribution >= 4 is 17.4 Å². The maximum atomic E-state index is 13.0. The summed E-state index contributed by atoms with van der Waals surface area (Å²) in [5, 5.41) is 21.2. The van der Waals surface area contributed by atoms with E-state index in [1.807, 2.05) is 12.1 Å². The molecule has 0 aromatic heterocycles. The zero-order valence-corrected chi connectivity index (χ0v) is 15.1. The van der Waals surface area contributed by atoms with Crippen LogP contribution in [0.2, 0.25) is 0 Å². The van der Waals surface area contributed by atoms with Crippen LogP contribution in [0.4, 0.5) is 29.3 Å². The van der Waals surface area contributed by atoms with Gasteiger partial charge in [-0.05, 0) is 37.3 Å². The maximum Gasteiger partial charge on any atom is 0.416 e. The molecular weight excluding hydrogens is 383 g/mol. The van der Waals surface area contributed by atoms with E-state index in [0.29, 0.717) is 11.1 Å². The predicted octanol–water partition coefficient (Wildman–Crippen LogP) is 4.23. The topological polar surface area (TPSA) is 106 Å². The largest absolute Gasteiger partial charge is 0.416 e. The van der Waals surface area contributed by atoms with Gasteiger partial charge in [0.15, 0.2) is 0 Å². The van der Waals surface area contributed by atoms with Gasteiger partial charge in [-0.15, -0.1) is 0 Å². The van der Waals surface area contributed by atoms with Crippen molar-refractivity contribution < 1.29 is 18.0 Å². The molecule has 1 atom stereocenters. The Balaban J connectivity index is 2.10. The van der Waals surface area contributed by atoms with Gasteiger partial charge >= 0.3 is 12.2 Å². The molecule has 0 fully saturated rings. The number of allylic oxidation sites excluding steroid dienone is 1. The van der Waals surface area contributed by atoms with Gasteiger partial charge in [0.1, 0.15) is 0 Å². The van der Waals surface area contributed by atoms with Crippen LogP contribution in [0.1, 0.15) is 29.7 Å². The summed E-state index contributed by atoms with van der Waals surface area (Å²) >= 11 is 0. The van der Waals surface area contributed by atoms with E-state index >= 15 is 0 Å². The molecule has 1 aliphatic heterocycles. The highest BCUT2D eigenvalue weighted by atomic mass is 19.4. The Bertz CT molecular complexity index is 1110. The second-order valence-electron chi connectivity index (χ2n) is 6.33. The number of urea groups is 1. The number of rotatable bonds is 2. The number of halogens is 3. The third kappa shape index (κ3) is 3.58. The highest BCUT2D eigenvalue weighted by molar-refractivity contribution is 5.97. The lowest BCUT2D eigenvalue weighted by atomic mass is 9.93. The molecular formula is C20H14F3N5O. The fourth-order valence-electron chi connectivity index (χ4n) is 3.16. The number of carbonyl (C=O) groups is 1. The van der Waals surface area contributed by atoms with E-state index in [0.717, 1.165) is 17.0 Å². The summed E-state index contributed by atoms with van der Waals surface area (Å²) in [6, 6.07) is 11.1. The molecule has 146 valence electrons. The van der Waals surface area contributed by atoms with E-state index in [1.165, 1.54) is 37.3 Å². The zero-order chi connectivity index (χ0) is 21.3. The number of carbonyl (C=O) groups excluding carboxylic acids is 1. The normalized spacial score (nSPS) is 16.8. The molecule has 2 aromatic carbocycles. The first kappa shape index (κ1) is 19.8. The van der Waals surface area contributed by atoms with Gasteiger partial charge in [0.2, 0.25) is 0 Å². The molecule has 0 saturated heterocycles. The van der Waals surface area contributed by atoms with Crippen LogP contribution >= 0.6 is 0 Å². The minimum atomic E-state index is -4.57. The summed E-state index contributed by atoms with van der Waals surface area (Å²) in [6.07, 6.45) is -4.57. The number of hydrogen-bond acceptors (Lipinski definition) is 4. The summed E-state index contributed by atoms with van der Waals surface area (Å²) in [5.74, 6) is 0. The Hall–Kier alpha value is -3.98. The molecule has 0 radical (unpaired) electrons. The number of hydrogen-bond donors (Lipinski definition) is 2. The van der Waals surface area contributed by atoms with Crippen molar-refractivity contribution in [1.82, 2.24) is 5.32 Å². The Kier molecular flexibility index (Phi) is 4.92. The van der Waals surface area contributed by atoms with Crippen LogP contribution in [0.15, 0.2) is 53.7 Å². The quantitative estimate of drug-likeness (QED) is 0.740. The number of anilines is 2.